The number of carbonyl (C=O) groups is 4. The molecule has 1 aromatic rings. The Hall–Kier alpha value is -2.98. The van der Waals surface area contributed by atoms with Crippen LogP contribution in [0.5, 0.6) is 0 Å². The molecule has 3 atom stereocenters. The van der Waals surface area contributed by atoms with Crippen LogP contribution in [0.4, 0.5) is 5.69 Å². The molecule has 3 aliphatic rings. The second kappa shape index (κ2) is 12.3. The van der Waals surface area contributed by atoms with E-state index in [0.717, 1.165) is 31.9 Å². The second-order valence-corrected chi connectivity index (χ2v) is 11.3. The van der Waals surface area contributed by atoms with Gasteiger partial charge in [-0.15, -0.1) is 0 Å². The number of anilines is 1. The van der Waals surface area contributed by atoms with Gasteiger partial charge in [0.2, 0.25) is 11.8 Å². The number of piperazine rings is 1. The van der Waals surface area contributed by atoms with Crippen LogP contribution in [0.25, 0.3) is 0 Å². The van der Waals surface area contributed by atoms with Crippen molar-refractivity contribution in [1.82, 2.24) is 24.9 Å². The van der Waals surface area contributed by atoms with Crippen LogP contribution in [0.3, 0.4) is 0 Å². The Morgan fingerprint density at radius 2 is 1.68 bits per heavy atom. The predicted molar refractivity (Wildman–Crippen MR) is 146 cm³/mol. The highest BCUT2D eigenvalue weighted by Crippen LogP contribution is 2.31. The molecule has 0 aliphatic carbocycles. The SMILES string of the molecule is CC(CCNC(=O)c1ccc(N2CCN(C)CC2)cc1)CC(=O)N1CCC2C1C(=O)CN2C(=O)CN(C)C. The monoisotopic (exact) mass is 526 g/mol. The summed E-state index contributed by atoms with van der Waals surface area (Å²) in [5.74, 6) is -0.222. The Morgan fingerprint density at radius 3 is 2.34 bits per heavy atom. The zero-order chi connectivity index (χ0) is 27.4. The van der Waals surface area contributed by atoms with Crippen molar-refractivity contribution in [2.24, 2.45) is 5.92 Å². The molecule has 0 aromatic heterocycles. The first-order valence-electron chi connectivity index (χ1n) is 13.7. The van der Waals surface area contributed by atoms with Crippen LogP contribution in [0.1, 0.15) is 36.5 Å². The Bertz CT molecular complexity index is 1020. The second-order valence-electron chi connectivity index (χ2n) is 11.3. The van der Waals surface area contributed by atoms with Crippen LogP contribution >= 0.6 is 0 Å². The minimum atomic E-state index is -0.519. The fourth-order valence-corrected chi connectivity index (χ4v) is 5.72. The maximum Gasteiger partial charge on any atom is 0.251 e. The zero-order valence-corrected chi connectivity index (χ0v) is 23.2. The van der Waals surface area contributed by atoms with Gasteiger partial charge in [0.25, 0.3) is 5.91 Å². The van der Waals surface area contributed by atoms with E-state index in [4.69, 9.17) is 0 Å². The number of hydrogen-bond acceptors (Lipinski definition) is 7. The molecular weight excluding hydrogens is 484 g/mol. The van der Waals surface area contributed by atoms with Gasteiger partial charge in [0, 0.05) is 56.9 Å². The summed E-state index contributed by atoms with van der Waals surface area (Å²) in [5, 5.41) is 2.97. The highest BCUT2D eigenvalue weighted by atomic mass is 16.2. The lowest BCUT2D eigenvalue weighted by Gasteiger charge is -2.34. The normalized spacial score (nSPS) is 22.7. The van der Waals surface area contributed by atoms with Gasteiger partial charge in [-0.3, -0.25) is 19.2 Å². The Morgan fingerprint density at radius 1 is 1.00 bits per heavy atom. The number of hydrogen-bond donors (Lipinski definition) is 1. The van der Waals surface area contributed by atoms with E-state index < -0.39 is 6.04 Å². The van der Waals surface area contributed by atoms with E-state index >= 15 is 0 Å². The van der Waals surface area contributed by atoms with Crippen LogP contribution in [0.2, 0.25) is 0 Å². The fourth-order valence-electron chi connectivity index (χ4n) is 5.72. The number of benzene rings is 1. The van der Waals surface area contributed by atoms with Crippen LogP contribution in [0, 0.1) is 5.92 Å². The van der Waals surface area contributed by atoms with Crippen molar-refractivity contribution in [3.63, 3.8) is 0 Å². The third-order valence-corrected chi connectivity index (χ3v) is 7.96. The van der Waals surface area contributed by atoms with Crippen molar-refractivity contribution in [3.8, 4) is 0 Å². The number of carbonyl (C=O) groups excluding carboxylic acids is 4. The third-order valence-electron chi connectivity index (χ3n) is 7.96. The molecule has 3 saturated heterocycles. The quantitative estimate of drug-likeness (QED) is 0.501. The molecule has 3 amide bonds. The minimum Gasteiger partial charge on any atom is -0.369 e. The minimum absolute atomic E-state index is 0.0495. The standard InChI is InChI=1S/C28H42N6O4/c1-20(9-11-29-28(38)21-5-7-22(8-6-21)32-15-13-31(4)14-16-32)17-25(36)33-12-10-23-27(33)24(35)18-34(23)26(37)19-30(2)3/h5-8,20,23,27H,9-19H2,1-4H3,(H,29,38). The smallest absolute Gasteiger partial charge is 0.251 e. The summed E-state index contributed by atoms with van der Waals surface area (Å²) in [6.45, 7) is 7.35. The summed E-state index contributed by atoms with van der Waals surface area (Å²) in [5.41, 5.74) is 1.76. The molecule has 0 spiro atoms. The molecule has 3 fully saturated rings. The lowest BCUT2D eigenvalue weighted by Crippen LogP contribution is -2.45. The van der Waals surface area contributed by atoms with Gasteiger partial charge in [-0.2, -0.15) is 0 Å². The number of amides is 3. The molecule has 10 heteroatoms. The maximum absolute atomic E-state index is 13.1. The van der Waals surface area contributed by atoms with Gasteiger partial charge in [0.05, 0.1) is 19.1 Å². The third kappa shape index (κ3) is 6.53. The largest absolute Gasteiger partial charge is 0.369 e. The molecule has 38 heavy (non-hydrogen) atoms. The number of rotatable bonds is 9. The molecule has 3 heterocycles. The van der Waals surface area contributed by atoms with Crippen LogP contribution in [0.15, 0.2) is 24.3 Å². The molecule has 0 saturated carbocycles. The molecule has 1 aromatic carbocycles. The van der Waals surface area contributed by atoms with E-state index in [0.29, 0.717) is 37.9 Å². The number of fused-ring (bicyclic) bond motifs is 1. The summed E-state index contributed by atoms with van der Waals surface area (Å²) < 4.78 is 0. The first-order chi connectivity index (χ1) is 18.1. The molecule has 10 nitrogen and oxygen atoms in total. The average molecular weight is 527 g/mol. The van der Waals surface area contributed by atoms with Crippen LogP contribution < -0.4 is 10.2 Å². The van der Waals surface area contributed by atoms with Gasteiger partial charge < -0.3 is 29.8 Å². The molecule has 0 radical (unpaired) electrons. The van der Waals surface area contributed by atoms with Gasteiger partial charge in [-0.1, -0.05) is 6.92 Å². The predicted octanol–water partition coefficient (Wildman–Crippen LogP) is 0.527. The van der Waals surface area contributed by atoms with E-state index in [9.17, 15) is 19.2 Å². The summed E-state index contributed by atoms with van der Waals surface area (Å²) in [4.78, 5) is 60.7. The molecule has 0 bridgehead atoms. The zero-order valence-electron chi connectivity index (χ0n) is 23.2. The lowest BCUT2D eigenvalue weighted by atomic mass is 10.0. The lowest BCUT2D eigenvalue weighted by molar-refractivity contribution is -0.137. The number of likely N-dealkylation sites (N-methyl/N-ethyl adjacent to an activating group) is 2. The molecular formula is C28H42N6O4. The van der Waals surface area contributed by atoms with E-state index in [2.05, 4.69) is 22.2 Å². The number of nitrogens with zero attached hydrogens (tertiary/aromatic N) is 5. The van der Waals surface area contributed by atoms with Gasteiger partial charge in [0.15, 0.2) is 5.78 Å². The average Bonchev–Trinajstić information content (AvgIpc) is 3.45. The molecule has 3 unspecified atom stereocenters. The fraction of sp³-hybridized carbons (Fsp3) is 0.643. The molecule has 4 rings (SSSR count). The number of likely N-dealkylation sites (tertiary alicyclic amines) is 2. The van der Waals surface area contributed by atoms with Gasteiger partial charge >= 0.3 is 0 Å². The van der Waals surface area contributed by atoms with Crippen LogP contribution in [-0.4, -0.2) is 129 Å². The summed E-state index contributed by atoms with van der Waals surface area (Å²) in [6, 6.07) is 7.01. The maximum atomic E-state index is 13.1. The number of nitrogens with one attached hydrogen (secondary N) is 1. The molecule has 1 N–H and O–H groups in total. The molecule has 208 valence electrons. The Balaban J connectivity index is 1.20. The summed E-state index contributed by atoms with van der Waals surface area (Å²) in [7, 11) is 5.78. The highest BCUT2D eigenvalue weighted by Gasteiger charge is 2.51. The van der Waals surface area contributed by atoms with Crippen LogP contribution in [-0.2, 0) is 14.4 Å². The van der Waals surface area contributed by atoms with Crippen molar-refractivity contribution < 1.29 is 19.2 Å². The summed E-state index contributed by atoms with van der Waals surface area (Å²) >= 11 is 0. The number of ketones is 1. The van der Waals surface area contributed by atoms with E-state index in [-0.39, 0.29) is 48.6 Å². The molecule has 3 aliphatic heterocycles. The van der Waals surface area contributed by atoms with E-state index in [1.54, 1.807) is 14.7 Å². The van der Waals surface area contributed by atoms with E-state index in [1.165, 1.54) is 0 Å². The van der Waals surface area contributed by atoms with Gasteiger partial charge in [0.1, 0.15) is 6.04 Å². The Labute approximate surface area is 225 Å². The Kier molecular flexibility index (Phi) is 9.04. The van der Waals surface area contributed by atoms with Crippen molar-refractivity contribution in [2.75, 3.05) is 78.4 Å². The van der Waals surface area contributed by atoms with Gasteiger partial charge in [-0.25, -0.2) is 0 Å². The topological polar surface area (TPSA) is 96.5 Å². The van der Waals surface area contributed by atoms with Crippen molar-refractivity contribution >= 4 is 29.2 Å². The van der Waals surface area contributed by atoms with Crippen molar-refractivity contribution in [1.29, 1.82) is 0 Å². The first-order valence-corrected chi connectivity index (χ1v) is 13.7. The van der Waals surface area contributed by atoms with Crippen molar-refractivity contribution in [3.05, 3.63) is 29.8 Å². The summed E-state index contributed by atoms with van der Waals surface area (Å²) in [6.07, 6.45) is 1.62. The first kappa shape index (κ1) is 28.0. The highest BCUT2D eigenvalue weighted by molar-refractivity contribution is 5.98. The van der Waals surface area contributed by atoms with Gasteiger partial charge in [-0.05, 0) is 64.2 Å². The number of Topliss-reactive ketones (excluding diaryl/α,β-unsaturated/α-hetero) is 1. The van der Waals surface area contributed by atoms with Crippen molar-refractivity contribution in [2.45, 2.75) is 38.3 Å². The van der Waals surface area contributed by atoms with E-state index in [1.807, 2.05) is 45.3 Å².